The van der Waals surface area contributed by atoms with E-state index in [4.69, 9.17) is 23.2 Å². The van der Waals surface area contributed by atoms with Gasteiger partial charge in [0, 0.05) is 5.56 Å². The van der Waals surface area contributed by atoms with E-state index >= 15 is 0 Å². The molecule has 0 saturated heterocycles. The predicted molar refractivity (Wildman–Crippen MR) is 62.3 cm³/mol. The molecule has 0 amide bonds. The average molecular weight is 249 g/mol. The molecule has 0 radical (unpaired) electrons. The highest BCUT2D eigenvalue weighted by atomic mass is 35.5. The maximum atomic E-state index is 9.96. The summed E-state index contributed by atoms with van der Waals surface area (Å²) in [4.78, 5) is 0. The number of benzene rings is 1. The Labute approximate surface area is 99.5 Å². The summed E-state index contributed by atoms with van der Waals surface area (Å²) in [5, 5.41) is 20.5. The second-order valence-electron chi connectivity index (χ2n) is 3.76. The van der Waals surface area contributed by atoms with Crippen molar-refractivity contribution in [2.75, 3.05) is 0 Å². The van der Waals surface area contributed by atoms with Gasteiger partial charge in [0.1, 0.15) is 6.10 Å². The van der Waals surface area contributed by atoms with Crippen LogP contribution in [0.3, 0.4) is 0 Å². The molecule has 2 N–H and O–H groups in total. The lowest BCUT2D eigenvalue weighted by Gasteiger charge is -2.28. The number of hydrogen-bond donors (Lipinski definition) is 2. The molecule has 4 heteroatoms. The molecule has 84 valence electrons. The Balaban J connectivity index is 3.12. The van der Waals surface area contributed by atoms with Gasteiger partial charge in [-0.05, 0) is 19.4 Å². The van der Waals surface area contributed by atoms with E-state index < -0.39 is 11.7 Å². The Bertz CT molecular complexity index is 350. The summed E-state index contributed by atoms with van der Waals surface area (Å²) < 4.78 is 0. The first-order chi connectivity index (χ1) is 6.90. The SMILES string of the molecule is CCC(C)(O)C(O)c1cccc(Cl)c1Cl. The molecule has 1 aromatic carbocycles. The fourth-order valence-electron chi connectivity index (χ4n) is 1.26. The first-order valence-electron chi connectivity index (χ1n) is 4.74. The summed E-state index contributed by atoms with van der Waals surface area (Å²) in [5.74, 6) is 0. The summed E-state index contributed by atoms with van der Waals surface area (Å²) in [6, 6.07) is 4.99. The first-order valence-corrected chi connectivity index (χ1v) is 5.50. The maximum Gasteiger partial charge on any atom is 0.109 e. The number of aliphatic hydroxyl groups is 2. The van der Waals surface area contributed by atoms with Gasteiger partial charge >= 0.3 is 0 Å². The largest absolute Gasteiger partial charge is 0.387 e. The molecule has 0 aliphatic heterocycles. The monoisotopic (exact) mass is 248 g/mol. The molecule has 0 bridgehead atoms. The summed E-state index contributed by atoms with van der Waals surface area (Å²) in [5.41, 5.74) is -0.745. The molecule has 0 saturated carbocycles. The van der Waals surface area contributed by atoms with Crippen LogP contribution in [0.5, 0.6) is 0 Å². The number of halogens is 2. The zero-order chi connectivity index (χ0) is 11.6. The second-order valence-corrected chi connectivity index (χ2v) is 4.54. The smallest absolute Gasteiger partial charge is 0.109 e. The quantitative estimate of drug-likeness (QED) is 0.863. The van der Waals surface area contributed by atoms with Crippen molar-refractivity contribution in [3.63, 3.8) is 0 Å². The minimum absolute atomic E-state index is 0.292. The molecule has 15 heavy (non-hydrogen) atoms. The van der Waals surface area contributed by atoms with Crippen LogP contribution >= 0.6 is 23.2 Å². The fourth-order valence-corrected chi connectivity index (χ4v) is 1.67. The summed E-state index contributed by atoms with van der Waals surface area (Å²) in [7, 11) is 0. The molecule has 0 heterocycles. The molecule has 2 atom stereocenters. The number of hydrogen-bond acceptors (Lipinski definition) is 2. The molecule has 0 spiro atoms. The highest BCUT2D eigenvalue weighted by Gasteiger charge is 2.31. The normalized spacial score (nSPS) is 17.2. The van der Waals surface area contributed by atoms with Crippen molar-refractivity contribution >= 4 is 23.2 Å². The highest BCUT2D eigenvalue weighted by Crippen LogP contribution is 2.35. The average Bonchev–Trinajstić information content (AvgIpc) is 2.21. The Morgan fingerprint density at radius 2 is 2.00 bits per heavy atom. The maximum absolute atomic E-state index is 9.96. The van der Waals surface area contributed by atoms with Gasteiger partial charge in [0.15, 0.2) is 0 Å². The van der Waals surface area contributed by atoms with E-state index in [9.17, 15) is 10.2 Å². The lowest BCUT2D eigenvalue weighted by molar-refractivity contribution is -0.0658. The van der Waals surface area contributed by atoms with Gasteiger partial charge in [-0.25, -0.2) is 0 Å². The van der Waals surface area contributed by atoms with Crippen LogP contribution in [0.1, 0.15) is 31.9 Å². The third-order valence-electron chi connectivity index (χ3n) is 2.58. The minimum atomic E-state index is -1.20. The summed E-state index contributed by atoms with van der Waals surface area (Å²) in [6.45, 7) is 3.36. The zero-order valence-corrected chi connectivity index (χ0v) is 10.2. The van der Waals surface area contributed by atoms with Gasteiger partial charge in [0.2, 0.25) is 0 Å². The van der Waals surface area contributed by atoms with Crippen molar-refractivity contribution in [2.45, 2.75) is 32.0 Å². The Morgan fingerprint density at radius 1 is 1.40 bits per heavy atom. The minimum Gasteiger partial charge on any atom is -0.387 e. The van der Waals surface area contributed by atoms with Crippen LogP contribution in [0.4, 0.5) is 0 Å². The van der Waals surface area contributed by atoms with Crippen LogP contribution in [-0.4, -0.2) is 15.8 Å². The molecule has 1 rings (SSSR count). The molecule has 1 aromatic rings. The van der Waals surface area contributed by atoms with E-state index in [1.54, 1.807) is 32.0 Å². The first kappa shape index (κ1) is 12.8. The van der Waals surface area contributed by atoms with Crippen molar-refractivity contribution in [1.82, 2.24) is 0 Å². The molecular weight excluding hydrogens is 235 g/mol. The molecular formula is C11H14Cl2O2. The van der Waals surface area contributed by atoms with Gasteiger partial charge in [-0.1, -0.05) is 42.3 Å². The van der Waals surface area contributed by atoms with E-state index in [2.05, 4.69) is 0 Å². The third-order valence-corrected chi connectivity index (χ3v) is 3.41. The van der Waals surface area contributed by atoms with Crippen molar-refractivity contribution in [3.05, 3.63) is 33.8 Å². The summed E-state index contributed by atoms with van der Waals surface area (Å²) >= 11 is 11.8. The van der Waals surface area contributed by atoms with Gasteiger partial charge < -0.3 is 10.2 Å². The molecule has 0 fully saturated rings. The van der Waals surface area contributed by atoms with E-state index in [-0.39, 0.29) is 0 Å². The van der Waals surface area contributed by atoms with Crippen LogP contribution < -0.4 is 0 Å². The van der Waals surface area contributed by atoms with Gasteiger partial charge in [-0.15, -0.1) is 0 Å². The summed E-state index contributed by atoms with van der Waals surface area (Å²) in [6.07, 6.45) is -0.606. The van der Waals surface area contributed by atoms with Gasteiger partial charge in [0.25, 0.3) is 0 Å². The van der Waals surface area contributed by atoms with E-state index in [0.29, 0.717) is 22.0 Å². The number of aliphatic hydroxyl groups excluding tert-OH is 1. The standard InChI is InChI=1S/C11H14Cl2O2/c1-3-11(2,15)10(14)7-5-4-6-8(12)9(7)13/h4-6,10,14-15H,3H2,1-2H3. The Morgan fingerprint density at radius 3 is 2.53 bits per heavy atom. The van der Waals surface area contributed by atoms with E-state index in [0.717, 1.165) is 0 Å². The molecule has 0 aliphatic rings. The molecule has 0 aromatic heterocycles. The number of rotatable bonds is 3. The van der Waals surface area contributed by atoms with Crippen molar-refractivity contribution in [1.29, 1.82) is 0 Å². The lowest BCUT2D eigenvalue weighted by atomic mass is 9.90. The topological polar surface area (TPSA) is 40.5 Å². The second kappa shape index (κ2) is 4.71. The van der Waals surface area contributed by atoms with Crippen LogP contribution in [0.25, 0.3) is 0 Å². The van der Waals surface area contributed by atoms with Crippen LogP contribution in [-0.2, 0) is 0 Å². The molecule has 2 nitrogen and oxygen atoms in total. The molecule has 2 unspecified atom stereocenters. The van der Waals surface area contributed by atoms with Gasteiger partial charge in [-0.3, -0.25) is 0 Å². The van der Waals surface area contributed by atoms with Gasteiger partial charge in [-0.2, -0.15) is 0 Å². The molecule has 0 aliphatic carbocycles. The van der Waals surface area contributed by atoms with Crippen LogP contribution in [0.2, 0.25) is 10.0 Å². The Hall–Kier alpha value is -0.280. The lowest BCUT2D eigenvalue weighted by Crippen LogP contribution is -2.32. The Kier molecular flexibility index (Phi) is 4.01. The van der Waals surface area contributed by atoms with Crippen molar-refractivity contribution in [2.24, 2.45) is 0 Å². The third kappa shape index (κ3) is 2.64. The van der Waals surface area contributed by atoms with Gasteiger partial charge in [0.05, 0.1) is 15.6 Å². The highest BCUT2D eigenvalue weighted by molar-refractivity contribution is 6.42. The van der Waals surface area contributed by atoms with E-state index in [1.807, 2.05) is 0 Å². The predicted octanol–water partition coefficient (Wildman–Crippen LogP) is 3.19. The van der Waals surface area contributed by atoms with Crippen LogP contribution in [0.15, 0.2) is 18.2 Å². The van der Waals surface area contributed by atoms with Crippen LogP contribution in [0, 0.1) is 0 Å². The fraction of sp³-hybridized carbons (Fsp3) is 0.455. The van der Waals surface area contributed by atoms with Crippen molar-refractivity contribution < 1.29 is 10.2 Å². The van der Waals surface area contributed by atoms with E-state index in [1.165, 1.54) is 0 Å². The van der Waals surface area contributed by atoms with Crippen molar-refractivity contribution in [3.8, 4) is 0 Å². The zero-order valence-electron chi connectivity index (χ0n) is 8.67.